The van der Waals surface area contributed by atoms with Gasteiger partial charge in [0, 0.05) is 9.47 Å². The summed E-state index contributed by atoms with van der Waals surface area (Å²) in [5.41, 5.74) is 8.15. The third-order valence-electron chi connectivity index (χ3n) is 6.99. The number of ether oxygens (including phenoxy) is 3. The van der Waals surface area contributed by atoms with Crippen molar-refractivity contribution in [3.05, 3.63) is 23.0 Å². The molecule has 2 aliphatic heterocycles. The molecule has 4 aromatic rings. The number of rotatable bonds is 10. The van der Waals surface area contributed by atoms with Gasteiger partial charge in [-0.1, -0.05) is 17.0 Å². The third-order valence-corrected chi connectivity index (χ3v) is 9.11. The highest BCUT2D eigenvalue weighted by molar-refractivity contribution is 8.00. The van der Waals surface area contributed by atoms with Gasteiger partial charge in [-0.25, -0.2) is 28.1 Å². The molecule has 44 heavy (non-hydrogen) atoms. The second kappa shape index (κ2) is 12.4. The van der Waals surface area contributed by atoms with E-state index in [4.69, 9.17) is 34.4 Å². The molecule has 0 spiro atoms. The van der Waals surface area contributed by atoms with E-state index in [2.05, 4.69) is 60.8 Å². The highest BCUT2D eigenvalue weighted by atomic mass is 32.2. The summed E-state index contributed by atoms with van der Waals surface area (Å²) in [7, 11) is 1.97. The first kappa shape index (κ1) is 31.5. The number of hydrogen-bond donors (Lipinski definition) is 5. The van der Waals surface area contributed by atoms with Gasteiger partial charge in [-0.05, 0) is 12.9 Å². The molecular formula is C20H23F3N11O6PS3. The summed E-state index contributed by atoms with van der Waals surface area (Å²) in [5, 5.41) is 6.69. The fourth-order valence-electron chi connectivity index (χ4n) is 4.92. The van der Waals surface area contributed by atoms with Crippen LogP contribution in [0.1, 0.15) is 11.6 Å². The van der Waals surface area contributed by atoms with Crippen molar-refractivity contribution in [3.63, 3.8) is 0 Å². The maximum Gasteiger partial charge on any atom is 0.301 e. The van der Waals surface area contributed by atoms with E-state index in [9.17, 15) is 4.79 Å². The maximum absolute atomic E-state index is 15.8. The first-order valence-corrected chi connectivity index (χ1v) is 14.8. The van der Waals surface area contributed by atoms with E-state index in [0.717, 1.165) is 22.8 Å². The first-order chi connectivity index (χ1) is 21.0. The molecule has 5 N–H and O–H groups in total. The molecule has 0 aromatic carbocycles. The predicted molar refractivity (Wildman–Crippen MR) is 157 cm³/mol. The number of aromatic amines is 1. The van der Waals surface area contributed by atoms with Crippen molar-refractivity contribution in [2.45, 2.75) is 47.0 Å². The molecule has 0 saturated carbocycles. The van der Waals surface area contributed by atoms with Crippen molar-refractivity contribution < 1.29 is 36.1 Å². The van der Waals surface area contributed by atoms with E-state index in [1.807, 2.05) is 9.47 Å². The van der Waals surface area contributed by atoms with Crippen LogP contribution in [0.25, 0.3) is 22.3 Å². The van der Waals surface area contributed by atoms with Crippen molar-refractivity contribution in [2.24, 2.45) is 5.92 Å². The molecule has 0 amide bonds. The van der Waals surface area contributed by atoms with E-state index in [0.29, 0.717) is 0 Å². The number of thiol groups is 2. The molecule has 3 unspecified atom stereocenters. The van der Waals surface area contributed by atoms with Crippen LogP contribution in [-0.2, 0) is 22.9 Å². The molecule has 4 aromatic heterocycles. The molecule has 6 heterocycles. The Morgan fingerprint density at radius 3 is 2.77 bits per heavy atom. The van der Waals surface area contributed by atoms with Crippen molar-refractivity contribution in [1.82, 2.24) is 44.5 Å². The van der Waals surface area contributed by atoms with Crippen LogP contribution in [0.3, 0.4) is 0 Å². The number of imidazole rings is 1. The number of nitrogens with two attached hydrogens (primary N) is 2. The minimum atomic E-state index is -3.59. The van der Waals surface area contributed by atoms with E-state index >= 15 is 13.2 Å². The van der Waals surface area contributed by atoms with Gasteiger partial charge in [0.15, 0.2) is 34.3 Å². The van der Waals surface area contributed by atoms with Gasteiger partial charge in [0.2, 0.25) is 17.8 Å². The van der Waals surface area contributed by atoms with E-state index in [1.165, 1.54) is 10.9 Å². The number of aromatic nitrogens is 9. The second-order valence-electron chi connectivity index (χ2n) is 9.57. The molecule has 6 rings (SSSR count). The fourth-order valence-corrected chi connectivity index (χ4v) is 7.12. The van der Waals surface area contributed by atoms with Gasteiger partial charge in [0.25, 0.3) is 5.56 Å². The molecule has 0 radical (unpaired) electrons. The lowest BCUT2D eigenvalue weighted by Crippen LogP contribution is -2.39. The summed E-state index contributed by atoms with van der Waals surface area (Å²) >= 11 is 8.92. The summed E-state index contributed by atoms with van der Waals surface area (Å²) in [6, 6.07) is 0. The van der Waals surface area contributed by atoms with Gasteiger partial charge in [0.1, 0.15) is 23.2 Å². The Hall–Kier alpha value is -2.50. The Balaban J connectivity index is 1.16. The number of nitrogens with zero attached hydrogens (tertiary/aromatic N) is 8. The molecule has 17 nitrogen and oxygen atoms in total. The smallest absolute Gasteiger partial charge is 0.301 e. The number of nitrogen functional groups attached to an aromatic ring is 2. The van der Waals surface area contributed by atoms with Crippen LogP contribution in [0.2, 0.25) is 0 Å². The van der Waals surface area contributed by atoms with E-state index in [1.54, 1.807) is 0 Å². The second-order valence-corrected chi connectivity index (χ2v) is 11.8. The maximum atomic E-state index is 15.8. The zero-order valence-electron chi connectivity index (χ0n) is 21.9. The van der Waals surface area contributed by atoms with Gasteiger partial charge >= 0.3 is 5.92 Å². The zero-order valence-corrected chi connectivity index (χ0v) is 25.6. The highest BCUT2D eigenvalue weighted by Gasteiger charge is 2.61. The topological polar surface area (TPSA) is 218 Å². The van der Waals surface area contributed by atoms with Crippen LogP contribution in [0.15, 0.2) is 17.4 Å². The van der Waals surface area contributed by atoms with Gasteiger partial charge in [-0.2, -0.15) is 9.67 Å². The number of fused-ring (bicyclic) bond motifs is 2. The Labute approximate surface area is 261 Å². The van der Waals surface area contributed by atoms with Crippen LogP contribution < -0.4 is 17.0 Å². The molecule has 238 valence electrons. The summed E-state index contributed by atoms with van der Waals surface area (Å²) < 4.78 is 76.1. The van der Waals surface area contributed by atoms with Crippen LogP contribution in [0.5, 0.6) is 0 Å². The van der Waals surface area contributed by atoms with Crippen molar-refractivity contribution in [2.75, 3.05) is 24.7 Å². The van der Waals surface area contributed by atoms with Crippen LogP contribution in [-0.4, -0.2) is 93.1 Å². The molecular weight excluding hydrogens is 674 g/mol. The Bertz CT molecular complexity index is 1720. The standard InChI is InChI=1S/C20H23F3N11O6PS3/c21-7-10(40-43)15(33-4-28-9-13(33)29-18(25)30-14(9)35)44-16(7)39-19(42)36-1-5-6(2-37-41)38-17(20(5,22)23)34-12-8(31-32-34)11(24)26-3-27-12/h3-7,10,15-17,19,42-43H,1-2,41H2,(H2,24,26,27)(H3,25,29,30,35)/t5-,6-,7-,10-,15-,16?,17-,19?/m1/s1. The number of H-pyrrole nitrogens is 1. The molecule has 9 atom stereocenters. The molecule has 24 heteroatoms. The normalized spacial score (nSPS) is 29.2. The summed E-state index contributed by atoms with van der Waals surface area (Å²) in [5.74, 6) is -5.38. The average molecular weight is 698 g/mol. The largest absolute Gasteiger partial charge is 0.382 e. The van der Waals surface area contributed by atoms with E-state index in [-0.39, 0.29) is 40.7 Å². The molecule has 2 fully saturated rings. The van der Waals surface area contributed by atoms with Gasteiger partial charge < -0.3 is 34.4 Å². The first-order valence-electron chi connectivity index (χ1n) is 12.5. The van der Waals surface area contributed by atoms with Gasteiger partial charge in [-0.3, -0.25) is 14.3 Å². The summed E-state index contributed by atoms with van der Waals surface area (Å²) in [6.45, 7) is -0.886. The van der Waals surface area contributed by atoms with Crippen LogP contribution in [0, 0.1) is 5.92 Å². The summed E-state index contributed by atoms with van der Waals surface area (Å²) in [6.07, 6.45) is -3.75. The fraction of sp³-hybridized carbons (Fsp3) is 0.550. The van der Waals surface area contributed by atoms with E-state index < -0.39 is 65.0 Å². The van der Waals surface area contributed by atoms with Crippen LogP contribution >= 0.6 is 46.8 Å². The van der Waals surface area contributed by atoms with Gasteiger partial charge in [-0.15, -0.1) is 17.7 Å². The number of halogens is 3. The number of anilines is 2. The van der Waals surface area contributed by atoms with Crippen molar-refractivity contribution >= 4 is 80.9 Å². The van der Waals surface area contributed by atoms with Crippen molar-refractivity contribution in [3.8, 4) is 0 Å². The lowest BCUT2D eigenvalue weighted by atomic mass is 9.98. The lowest BCUT2D eigenvalue weighted by molar-refractivity contribution is -0.156. The zero-order chi connectivity index (χ0) is 31.3. The molecule has 2 saturated heterocycles. The van der Waals surface area contributed by atoms with Gasteiger partial charge in [0.05, 0.1) is 31.6 Å². The lowest BCUT2D eigenvalue weighted by Gasteiger charge is -2.25. The predicted octanol–water partition coefficient (Wildman–Crippen LogP) is 0.861. The Morgan fingerprint density at radius 2 is 2.02 bits per heavy atom. The summed E-state index contributed by atoms with van der Waals surface area (Å²) in [4.78, 5) is 30.4. The van der Waals surface area contributed by atoms with Crippen LogP contribution in [0.4, 0.5) is 24.9 Å². The monoisotopic (exact) mass is 697 g/mol. The molecule has 0 bridgehead atoms. The Morgan fingerprint density at radius 1 is 1.23 bits per heavy atom. The third kappa shape index (κ3) is 5.47. The minimum absolute atomic E-state index is 0.0234. The minimum Gasteiger partial charge on any atom is -0.382 e. The SMILES string of the molecule is Nc1nc2c(ncn2[C@@H]2SC(OC(S)OC[C@@H]3[C@@H](COP)O[C@@H](n4nnc5c(N)ncnc54)C3(F)F)[C@H](F)[C@H]2OS)c(=O)[nH]1. The number of nitrogens with one attached hydrogen (secondary N) is 1. The number of thioether (sulfide) groups is 1. The quantitative estimate of drug-likeness (QED) is 0.0672. The number of hydrogen-bond acceptors (Lipinski definition) is 17. The Kier molecular flexibility index (Phi) is 8.84. The molecule has 2 aliphatic rings. The van der Waals surface area contributed by atoms with Crippen molar-refractivity contribution in [1.29, 1.82) is 0 Å². The average Bonchev–Trinajstić information content (AvgIpc) is 3.71. The number of alkyl halides is 3. The highest BCUT2D eigenvalue weighted by Crippen LogP contribution is 2.49. The molecule has 0 aliphatic carbocycles.